The van der Waals surface area contributed by atoms with E-state index in [4.69, 9.17) is 24.4 Å². The summed E-state index contributed by atoms with van der Waals surface area (Å²) < 4.78 is 42.0. The number of nitrogens with one attached hydrogen (secondary N) is 1. The van der Waals surface area contributed by atoms with Crippen LogP contribution in [-0.2, 0) is 5.54 Å². The van der Waals surface area contributed by atoms with Gasteiger partial charge in [0.1, 0.15) is 16.3 Å². The van der Waals surface area contributed by atoms with Gasteiger partial charge in [-0.1, -0.05) is 52.4 Å². The fourth-order valence-corrected chi connectivity index (χ4v) is 3.91. The van der Waals surface area contributed by atoms with Gasteiger partial charge in [-0.2, -0.15) is 0 Å². The first-order chi connectivity index (χ1) is 12.1. The Hall–Kier alpha value is -1.71. The molecule has 1 N–H and O–H groups in total. The summed E-state index contributed by atoms with van der Waals surface area (Å²) in [5, 5.41) is 3.66. The highest BCUT2D eigenvalue weighted by molar-refractivity contribution is 9.10. The molecular formula is C17H12BrF3N2OS2. The monoisotopic (exact) mass is 460 g/mol. The van der Waals surface area contributed by atoms with Crippen molar-refractivity contribution < 1.29 is 17.9 Å². The molecule has 0 aromatic heterocycles. The van der Waals surface area contributed by atoms with Gasteiger partial charge in [0.25, 0.3) is 0 Å². The van der Waals surface area contributed by atoms with Crippen LogP contribution in [0.1, 0.15) is 11.1 Å². The molecule has 9 heteroatoms. The molecule has 0 saturated carbocycles. The second-order valence-corrected chi connectivity index (χ2v) is 7.32. The lowest BCUT2D eigenvalue weighted by molar-refractivity contribution is -0.274. The number of rotatable bonds is 3. The van der Waals surface area contributed by atoms with Crippen LogP contribution in [0, 0.1) is 0 Å². The number of halogens is 4. The molecule has 1 fully saturated rings. The molecule has 0 aliphatic carbocycles. The largest absolute Gasteiger partial charge is 0.573 e. The molecule has 1 unspecified atom stereocenters. The van der Waals surface area contributed by atoms with Crippen LogP contribution in [0.3, 0.4) is 0 Å². The molecule has 1 aliphatic rings. The van der Waals surface area contributed by atoms with E-state index in [1.807, 2.05) is 24.3 Å². The normalized spacial score (nSPS) is 20.3. The maximum atomic E-state index is 12.4. The molecule has 0 radical (unpaired) electrons. The van der Waals surface area contributed by atoms with Crippen LogP contribution in [-0.4, -0.2) is 28.4 Å². The van der Waals surface area contributed by atoms with Gasteiger partial charge in [-0.15, -0.1) is 13.2 Å². The van der Waals surface area contributed by atoms with Crippen molar-refractivity contribution in [1.82, 2.24) is 10.2 Å². The van der Waals surface area contributed by atoms with Crippen LogP contribution in [0.15, 0.2) is 53.0 Å². The molecule has 1 aliphatic heterocycles. The number of likely N-dealkylation sites (N-methyl/N-ethyl adjacent to an activating group) is 1. The first-order valence-corrected chi connectivity index (χ1v) is 8.97. The lowest BCUT2D eigenvalue weighted by atomic mass is 9.83. The summed E-state index contributed by atoms with van der Waals surface area (Å²) in [5.41, 5.74) is 0.511. The van der Waals surface area contributed by atoms with Crippen LogP contribution >= 0.6 is 40.4 Å². The standard InChI is InChI=1S/C17H12BrF3N2OS2/c1-23-14(25)16(22-15(23)26,11-3-2-4-12(18)9-11)10-5-7-13(8-6-10)24-17(19,20)21/h2-9H,1H3,(H,22,26). The Morgan fingerprint density at radius 3 is 2.23 bits per heavy atom. The summed E-state index contributed by atoms with van der Waals surface area (Å²) in [7, 11) is 1.75. The van der Waals surface area contributed by atoms with Crippen LogP contribution in [0.5, 0.6) is 5.75 Å². The highest BCUT2D eigenvalue weighted by Gasteiger charge is 2.47. The second kappa shape index (κ2) is 6.79. The summed E-state index contributed by atoms with van der Waals surface area (Å²) in [6.45, 7) is 0. The van der Waals surface area contributed by atoms with E-state index >= 15 is 0 Å². The molecule has 26 heavy (non-hydrogen) atoms. The number of ether oxygens (including phenoxy) is 1. The lowest BCUT2D eigenvalue weighted by Gasteiger charge is -2.30. The topological polar surface area (TPSA) is 24.5 Å². The Morgan fingerprint density at radius 2 is 1.73 bits per heavy atom. The molecule has 3 rings (SSSR count). The molecule has 1 heterocycles. The van der Waals surface area contributed by atoms with E-state index in [1.165, 1.54) is 12.1 Å². The average molecular weight is 461 g/mol. The lowest BCUT2D eigenvalue weighted by Crippen LogP contribution is -2.44. The van der Waals surface area contributed by atoms with Gasteiger partial charge in [0.05, 0.1) is 0 Å². The van der Waals surface area contributed by atoms with Crippen molar-refractivity contribution in [2.24, 2.45) is 0 Å². The summed E-state index contributed by atoms with van der Waals surface area (Å²) in [4.78, 5) is 2.18. The highest BCUT2D eigenvalue weighted by Crippen LogP contribution is 2.38. The predicted molar refractivity (Wildman–Crippen MR) is 104 cm³/mol. The van der Waals surface area contributed by atoms with Crippen molar-refractivity contribution in [3.63, 3.8) is 0 Å². The molecule has 0 spiro atoms. The van der Waals surface area contributed by atoms with Crippen molar-refractivity contribution in [1.29, 1.82) is 0 Å². The van der Waals surface area contributed by atoms with E-state index in [0.717, 1.165) is 10.0 Å². The third kappa shape index (κ3) is 3.43. The SMILES string of the molecule is CN1C(=S)NC(c2ccc(OC(F)(F)F)cc2)(c2cccc(Br)c2)C1=S. The van der Waals surface area contributed by atoms with E-state index in [-0.39, 0.29) is 5.75 Å². The van der Waals surface area contributed by atoms with Gasteiger partial charge in [-0.3, -0.25) is 0 Å². The van der Waals surface area contributed by atoms with Crippen LogP contribution in [0.25, 0.3) is 0 Å². The smallest absolute Gasteiger partial charge is 0.406 e. The maximum Gasteiger partial charge on any atom is 0.573 e. The zero-order valence-electron chi connectivity index (χ0n) is 13.3. The molecule has 136 valence electrons. The van der Waals surface area contributed by atoms with Gasteiger partial charge in [0.15, 0.2) is 5.11 Å². The van der Waals surface area contributed by atoms with Gasteiger partial charge in [-0.05, 0) is 47.6 Å². The predicted octanol–water partition coefficient (Wildman–Crippen LogP) is 4.74. The minimum atomic E-state index is -4.74. The molecule has 0 bridgehead atoms. The van der Waals surface area contributed by atoms with E-state index in [0.29, 0.717) is 15.7 Å². The van der Waals surface area contributed by atoms with Crippen LogP contribution < -0.4 is 10.1 Å². The van der Waals surface area contributed by atoms with E-state index < -0.39 is 11.9 Å². The molecule has 2 aromatic rings. The number of thiocarbonyl (C=S) groups is 2. The van der Waals surface area contributed by atoms with Gasteiger partial charge >= 0.3 is 6.36 Å². The number of alkyl halides is 3. The Labute approximate surface area is 167 Å². The first-order valence-electron chi connectivity index (χ1n) is 7.36. The second-order valence-electron chi connectivity index (χ2n) is 5.63. The quantitative estimate of drug-likeness (QED) is 0.666. The molecule has 1 atom stereocenters. The highest BCUT2D eigenvalue weighted by atomic mass is 79.9. The zero-order valence-corrected chi connectivity index (χ0v) is 16.5. The number of hydrogen-bond acceptors (Lipinski definition) is 3. The van der Waals surface area contributed by atoms with Gasteiger partial charge in [-0.25, -0.2) is 0 Å². The summed E-state index contributed by atoms with van der Waals surface area (Å²) in [6, 6.07) is 13.1. The van der Waals surface area contributed by atoms with E-state index in [9.17, 15) is 13.2 Å². The number of benzene rings is 2. The van der Waals surface area contributed by atoms with Crippen molar-refractivity contribution in [3.8, 4) is 5.75 Å². The molecule has 3 nitrogen and oxygen atoms in total. The van der Waals surface area contributed by atoms with Crippen molar-refractivity contribution in [2.45, 2.75) is 11.9 Å². The van der Waals surface area contributed by atoms with Crippen LogP contribution in [0.4, 0.5) is 13.2 Å². The van der Waals surface area contributed by atoms with Gasteiger partial charge in [0, 0.05) is 11.5 Å². The Balaban J connectivity index is 2.11. The Bertz CT molecular complexity index is 873. The van der Waals surface area contributed by atoms with Crippen molar-refractivity contribution >= 4 is 50.5 Å². The zero-order chi connectivity index (χ0) is 19.1. The van der Waals surface area contributed by atoms with E-state index in [2.05, 4.69) is 26.0 Å². The third-order valence-electron chi connectivity index (χ3n) is 4.00. The summed E-state index contributed by atoms with van der Waals surface area (Å²) >= 11 is 14.4. The number of nitrogens with zero attached hydrogens (tertiary/aromatic N) is 1. The van der Waals surface area contributed by atoms with Crippen molar-refractivity contribution in [2.75, 3.05) is 7.05 Å². The molecule has 0 amide bonds. The van der Waals surface area contributed by atoms with Gasteiger partial charge in [0.2, 0.25) is 0 Å². The summed E-state index contributed by atoms with van der Waals surface area (Å²) in [6.07, 6.45) is -4.74. The minimum Gasteiger partial charge on any atom is -0.406 e. The Kier molecular flexibility index (Phi) is 4.98. The van der Waals surface area contributed by atoms with E-state index in [1.54, 1.807) is 24.1 Å². The molecule has 2 aromatic carbocycles. The fourth-order valence-electron chi connectivity index (χ4n) is 2.83. The maximum absolute atomic E-state index is 12.4. The van der Waals surface area contributed by atoms with Gasteiger partial charge < -0.3 is 15.0 Å². The average Bonchev–Trinajstić information content (AvgIpc) is 2.79. The Morgan fingerprint density at radius 1 is 1.08 bits per heavy atom. The number of hydrogen-bond donors (Lipinski definition) is 1. The molecule has 1 saturated heterocycles. The first kappa shape index (κ1) is 19.1. The minimum absolute atomic E-state index is 0.300. The van der Waals surface area contributed by atoms with Crippen molar-refractivity contribution in [3.05, 3.63) is 64.1 Å². The molecular weight excluding hydrogens is 449 g/mol. The summed E-state index contributed by atoms with van der Waals surface area (Å²) in [5.74, 6) is -0.300. The fraction of sp³-hybridized carbons (Fsp3) is 0.176. The van der Waals surface area contributed by atoms with Crippen LogP contribution in [0.2, 0.25) is 0 Å². The third-order valence-corrected chi connectivity index (χ3v) is 5.45.